The van der Waals surface area contributed by atoms with Gasteiger partial charge in [-0.1, -0.05) is 19.9 Å². The van der Waals surface area contributed by atoms with Crippen LogP contribution in [0.3, 0.4) is 0 Å². The number of fused-ring (bicyclic) bond motifs is 1. The van der Waals surface area contributed by atoms with Crippen LogP contribution in [-0.4, -0.2) is 47.9 Å². The average Bonchev–Trinajstić information content (AvgIpc) is 3.39. The Morgan fingerprint density at radius 2 is 2.06 bits per heavy atom. The number of nitrogens with one attached hydrogen (secondary N) is 4. The van der Waals surface area contributed by atoms with Crippen LogP contribution >= 0.6 is 0 Å². The topological polar surface area (TPSA) is 136 Å². The number of H-pyrrole nitrogens is 1. The number of amides is 3. The number of aromatic amines is 1. The molecule has 11 heteroatoms. The van der Waals surface area contributed by atoms with E-state index in [1.54, 1.807) is 6.07 Å². The molecule has 2 heterocycles. The minimum absolute atomic E-state index is 0.0472. The number of aromatic nitrogens is 1. The highest BCUT2D eigenvalue weighted by Crippen LogP contribution is 2.27. The molecule has 1 aromatic heterocycles. The summed E-state index contributed by atoms with van der Waals surface area (Å²) in [6.07, 6.45) is 1.08. The summed E-state index contributed by atoms with van der Waals surface area (Å²) in [5.74, 6) is -1.67. The summed E-state index contributed by atoms with van der Waals surface area (Å²) in [5.41, 5.74) is 0.494. The zero-order valence-corrected chi connectivity index (χ0v) is 18.9. The molecule has 1 aliphatic heterocycles. The van der Waals surface area contributed by atoms with Crippen LogP contribution in [0.2, 0.25) is 0 Å². The molecular weight excluding hydrogens is 448 g/mol. The molecule has 3 amide bonds. The second kappa shape index (κ2) is 11.0. The van der Waals surface area contributed by atoms with Crippen molar-refractivity contribution in [1.82, 2.24) is 20.9 Å². The van der Waals surface area contributed by atoms with Crippen LogP contribution in [0.25, 0.3) is 10.9 Å². The lowest BCUT2D eigenvalue weighted by atomic mass is 9.98. The van der Waals surface area contributed by atoms with Crippen molar-refractivity contribution in [3.63, 3.8) is 0 Å². The van der Waals surface area contributed by atoms with Crippen LogP contribution in [0.15, 0.2) is 24.3 Å². The van der Waals surface area contributed by atoms with E-state index in [2.05, 4.69) is 25.7 Å². The highest BCUT2D eigenvalue weighted by atomic mass is 19.3. The van der Waals surface area contributed by atoms with E-state index in [9.17, 15) is 28.4 Å². The fourth-order valence-electron chi connectivity index (χ4n) is 3.96. The predicted molar refractivity (Wildman–Crippen MR) is 119 cm³/mol. The third kappa shape index (κ3) is 6.21. The molecule has 0 bridgehead atoms. The van der Waals surface area contributed by atoms with Crippen LogP contribution in [0.5, 0.6) is 5.75 Å². The van der Waals surface area contributed by atoms with Crippen LogP contribution < -0.4 is 20.7 Å². The molecule has 3 rings (SSSR count). The molecule has 1 aromatic carbocycles. The van der Waals surface area contributed by atoms with Gasteiger partial charge in [-0.3, -0.25) is 14.4 Å². The standard InChI is InChI=1S/C23H27F2N5O4/c1-12(2)8-17(21(32)28-14(11-26)9-13-6-7-27-20(13)31)30-22(33)18-10-15-16(29-18)4-3-5-19(15)34-23(24)25/h3-5,10,12-14,17,23,29H,6-9H2,1-2H3,(H,27,31)(H,28,32)(H,30,33)/t13?,14-,17-/m0/s1. The van der Waals surface area contributed by atoms with Crippen molar-refractivity contribution in [1.29, 1.82) is 5.26 Å². The Labute approximate surface area is 195 Å². The molecule has 0 aliphatic carbocycles. The molecule has 3 atom stereocenters. The normalized spacial score (nSPS) is 17.3. The summed E-state index contributed by atoms with van der Waals surface area (Å²) >= 11 is 0. The third-order valence-corrected chi connectivity index (χ3v) is 5.57. The van der Waals surface area contributed by atoms with Crippen molar-refractivity contribution < 1.29 is 27.9 Å². The van der Waals surface area contributed by atoms with Crippen molar-refractivity contribution in [3.8, 4) is 11.8 Å². The van der Waals surface area contributed by atoms with Gasteiger partial charge in [0.2, 0.25) is 11.8 Å². The van der Waals surface area contributed by atoms with E-state index in [0.29, 0.717) is 30.3 Å². The largest absolute Gasteiger partial charge is 0.434 e. The van der Waals surface area contributed by atoms with Crippen molar-refractivity contribution in [3.05, 3.63) is 30.0 Å². The maximum atomic E-state index is 12.9. The number of ether oxygens (including phenoxy) is 1. The van der Waals surface area contributed by atoms with Crippen LogP contribution in [0, 0.1) is 23.2 Å². The molecule has 1 aliphatic rings. The minimum atomic E-state index is -3.01. The van der Waals surface area contributed by atoms with Gasteiger partial charge in [0.05, 0.1) is 6.07 Å². The third-order valence-electron chi connectivity index (χ3n) is 5.57. The van der Waals surface area contributed by atoms with Gasteiger partial charge >= 0.3 is 6.61 Å². The number of nitrogens with zero attached hydrogens (tertiary/aromatic N) is 1. The van der Waals surface area contributed by atoms with Crippen molar-refractivity contribution in [2.75, 3.05) is 6.54 Å². The summed E-state index contributed by atoms with van der Waals surface area (Å²) in [7, 11) is 0. The smallest absolute Gasteiger partial charge is 0.387 e. The molecule has 34 heavy (non-hydrogen) atoms. The Hall–Kier alpha value is -3.68. The van der Waals surface area contributed by atoms with Crippen molar-refractivity contribution in [2.24, 2.45) is 11.8 Å². The van der Waals surface area contributed by atoms with Gasteiger partial charge in [0, 0.05) is 23.4 Å². The second-order valence-electron chi connectivity index (χ2n) is 8.64. The lowest BCUT2D eigenvalue weighted by molar-refractivity contribution is -0.125. The number of rotatable bonds is 10. The van der Waals surface area contributed by atoms with E-state index >= 15 is 0 Å². The first-order valence-electron chi connectivity index (χ1n) is 11.0. The first-order valence-corrected chi connectivity index (χ1v) is 11.0. The summed E-state index contributed by atoms with van der Waals surface area (Å²) in [5, 5.41) is 17.7. The van der Waals surface area contributed by atoms with Gasteiger partial charge in [0.15, 0.2) is 0 Å². The number of carbonyl (C=O) groups excluding carboxylic acids is 3. The van der Waals surface area contributed by atoms with Crippen LogP contribution in [0.4, 0.5) is 8.78 Å². The number of benzene rings is 1. The van der Waals surface area contributed by atoms with Gasteiger partial charge in [-0.05, 0) is 43.4 Å². The molecular formula is C23H27F2N5O4. The summed E-state index contributed by atoms with van der Waals surface area (Å²) < 4.78 is 29.9. The van der Waals surface area contributed by atoms with Crippen LogP contribution in [-0.2, 0) is 9.59 Å². The summed E-state index contributed by atoms with van der Waals surface area (Å²) in [6, 6.07) is 6.06. The van der Waals surface area contributed by atoms with Gasteiger partial charge in [-0.25, -0.2) is 0 Å². The van der Waals surface area contributed by atoms with Gasteiger partial charge in [0.25, 0.3) is 5.91 Å². The van der Waals surface area contributed by atoms with Crippen molar-refractivity contribution in [2.45, 2.75) is 51.8 Å². The molecule has 4 N–H and O–H groups in total. The number of hydrogen-bond donors (Lipinski definition) is 4. The van der Waals surface area contributed by atoms with Gasteiger partial charge in [0.1, 0.15) is 23.5 Å². The van der Waals surface area contributed by atoms with Gasteiger partial charge < -0.3 is 25.7 Å². The van der Waals surface area contributed by atoms with Crippen molar-refractivity contribution >= 4 is 28.6 Å². The molecule has 2 aromatic rings. The summed E-state index contributed by atoms with van der Waals surface area (Å²) in [4.78, 5) is 40.5. The SMILES string of the molecule is CC(C)C[C@H](NC(=O)c1cc2c(OC(F)F)cccc2[nH]1)C(=O)N[C@H](C#N)CC1CCNC1=O. The van der Waals surface area contributed by atoms with E-state index in [-0.39, 0.29) is 35.6 Å². The average molecular weight is 475 g/mol. The zero-order chi connectivity index (χ0) is 24.8. The first kappa shape index (κ1) is 25.0. The molecule has 0 saturated carbocycles. The second-order valence-corrected chi connectivity index (χ2v) is 8.64. The molecule has 1 unspecified atom stereocenters. The molecule has 1 fully saturated rings. The Balaban J connectivity index is 1.72. The van der Waals surface area contributed by atoms with Gasteiger partial charge in [-0.2, -0.15) is 14.0 Å². The number of hydrogen-bond acceptors (Lipinski definition) is 5. The first-order chi connectivity index (χ1) is 16.2. The van der Waals surface area contributed by atoms with E-state index in [1.165, 1.54) is 18.2 Å². The Bertz CT molecular complexity index is 1090. The highest BCUT2D eigenvalue weighted by molar-refractivity contribution is 6.01. The lowest BCUT2D eigenvalue weighted by Crippen LogP contribution is -2.50. The fourth-order valence-corrected chi connectivity index (χ4v) is 3.96. The molecule has 1 saturated heterocycles. The molecule has 182 valence electrons. The fraction of sp³-hybridized carbons (Fsp3) is 0.478. The summed E-state index contributed by atoms with van der Waals surface area (Å²) in [6.45, 7) is 1.29. The van der Waals surface area contributed by atoms with Gasteiger partial charge in [-0.15, -0.1) is 0 Å². The Kier molecular flexibility index (Phi) is 8.04. The zero-order valence-electron chi connectivity index (χ0n) is 18.9. The predicted octanol–water partition coefficient (Wildman–Crippen LogP) is 2.45. The minimum Gasteiger partial charge on any atom is -0.434 e. The molecule has 0 spiro atoms. The van der Waals surface area contributed by atoms with E-state index in [1.807, 2.05) is 19.9 Å². The quantitative estimate of drug-likeness (QED) is 0.419. The van der Waals surface area contributed by atoms with E-state index in [4.69, 9.17) is 0 Å². The number of nitriles is 1. The monoisotopic (exact) mass is 475 g/mol. The van der Waals surface area contributed by atoms with Crippen LogP contribution in [0.1, 0.15) is 43.6 Å². The highest BCUT2D eigenvalue weighted by Gasteiger charge is 2.30. The number of carbonyl (C=O) groups is 3. The maximum absolute atomic E-state index is 12.9. The molecule has 9 nitrogen and oxygen atoms in total. The lowest BCUT2D eigenvalue weighted by Gasteiger charge is -2.22. The number of alkyl halides is 2. The molecule has 0 radical (unpaired) electrons. The number of halogens is 2. The Morgan fingerprint density at radius 3 is 2.68 bits per heavy atom. The van der Waals surface area contributed by atoms with E-state index < -0.39 is 30.5 Å². The maximum Gasteiger partial charge on any atom is 0.387 e. The Morgan fingerprint density at radius 1 is 1.29 bits per heavy atom. The van der Waals surface area contributed by atoms with E-state index in [0.717, 1.165) is 0 Å².